The van der Waals surface area contributed by atoms with E-state index >= 15 is 0 Å². The summed E-state index contributed by atoms with van der Waals surface area (Å²) in [5.41, 5.74) is 1.11. The predicted octanol–water partition coefficient (Wildman–Crippen LogP) is 4.87. The fourth-order valence-electron chi connectivity index (χ4n) is 3.38. The van der Waals surface area contributed by atoms with Crippen LogP contribution in [0.4, 0.5) is 0 Å². The van der Waals surface area contributed by atoms with E-state index in [0.29, 0.717) is 25.6 Å². The topological polar surface area (TPSA) is 40.6 Å². The third kappa shape index (κ3) is 6.43. The molecule has 2 amide bonds. The number of hydrogen-bond donors (Lipinski definition) is 0. The molecule has 1 atom stereocenters. The van der Waals surface area contributed by atoms with Crippen LogP contribution in [0.5, 0.6) is 0 Å². The number of benzene rings is 1. The fourth-order valence-corrected chi connectivity index (χ4v) is 4.29. The van der Waals surface area contributed by atoms with Gasteiger partial charge in [0.2, 0.25) is 11.8 Å². The van der Waals surface area contributed by atoms with Crippen molar-refractivity contribution in [1.29, 1.82) is 0 Å². The van der Waals surface area contributed by atoms with Gasteiger partial charge >= 0.3 is 0 Å². The molecule has 1 heterocycles. The average molecular weight is 413 g/mol. The van der Waals surface area contributed by atoms with Crippen molar-refractivity contribution < 1.29 is 9.59 Å². The molecule has 0 bridgehead atoms. The number of rotatable bonds is 10. The first-order valence-corrected chi connectivity index (χ1v) is 11.4. The summed E-state index contributed by atoms with van der Waals surface area (Å²) < 4.78 is 0. The van der Waals surface area contributed by atoms with E-state index in [4.69, 9.17) is 0 Å². The summed E-state index contributed by atoms with van der Waals surface area (Å²) in [6.45, 7) is 8.35. The molecule has 1 aromatic heterocycles. The second kappa shape index (κ2) is 10.1. The Morgan fingerprint density at radius 1 is 1.07 bits per heavy atom. The van der Waals surface area contributed by atoms with Crippen LogP contribution in [0.2, 0.25) is 0 Å². The Bertz CT molecular complexity index is 813. The molecule has 156 valence electrons. The van der Waals surface area contributed by atoms with Crippen molar-refractivity contribution in [3.8, 4) is 0 Å². The Balaban J connectivity index is 1.74. The minimum absolute atomic E-state index is 0.0252. The summed E-state index contributed by atoms with van der Waals surface area (Å²) in [6, 6.07) is 14.3. The van der Waals surface area contributed by atoms with Crippen LogP contribution in [0.15, 0.2) is 42.5 Å². The first kappa shape index (κ1) is 21.6. The van der Waals surface area contributed by atoms with Gasteiger partial charge in [0.25, 0.3) is 0 Å². The van der Waals surface area contributed by atoms with Gasteiger partial charge in [-0.2, -0.15) is 0 Å². The summed E-state index contributed by atoms with van der Waals surface area (Å²) in [4.78, 5) is 32.2. The van der Waals surface area contributed by atoms with Gasteiger partial charge in [-0.3, -0.25) is 9.59 Å². The number of amides is 2. The zero-order chi connectivity index (χ0) is 20.8. The molecule has 3 rings (SSSR count). The molecular weight excluding hydrogens is 380 g/mol. The molecule has 0 radical (unpaired) electrons. The van der Waals surface area contributed by atoms with E-state index in [2.05, 4.69) is 32.9 Å². The molecule has 1 aliphatic rings. The number of hydrogen-bond acceptors (Lipinski definition) is 3. The van der Waals surface area contributed by atoms with Crippen molar-refractivity contribution in [3.63, 3.8) is 0 Å². The Morgan fingerprint density at radius 3 is 2.38 bits per heavy atom. The molecule has 0 N–H and O–H groups in total. The third-order valence-electron chi connectivity index (χ3n) is 5.51. The van der Waals surface area contributed by atoms with Crippen LogP contribution in [0.25, 0.3) is 0 Å². The highest BCUT2D eigenvalue weighted by atomic mass is 32.1. The Kier molecular flexibility index (Phi) is 7.48. The van der Waals surface area contributed by atoms with Crippen molar-refractivity contribution >= 4 is 23.2 Å². The van der Waals surface area contributed by atoms with E-state index in [0.717, 1.165) is 24.8 Å². The van der Waals surface area contributed by atoms with Crippen LogP contribution in [0, 0.1) is 18.8 Å². The molecule has 4 nitrogen and oxygen atoms in total. The number of nitrogens with zero attached hydrogens (tertiary/aromatic N) is 2. The van der Waals surface area contributed by atoms with Crippen LogP contribution in [-0.2, 0) is 22.7 Å². The van der Waals surface area contributed by atoms with Crippen LogP contribution in [0.1, 0.15) is 48.4 Å². The number of carbonyl (C=O) groups excluding carboxylic acids is 2. The maximum Gasteiger partial charge on any atom is 0.242 e. The van der Waals surface area contributed by atoms with E-state index in [-0.39, 0.29) is 24.3 Å². The summed E-state index contributed by atoms with van der Waals surface area (Å²) in [7, 11) is 0. The second-order valence-corrected chi connectivity index (χ2v) is 9.63. The van der Waals surface area contributed by atoms with Crippen molar-refractivity contribution in [3.05, 3.63) is 57.8 Å². The maximum absolute atomic E-state index is 13.3. The first-order valence-electron chi connectivity index (χ1n) is 10.6. The molecule has 0 spiro atoms. The van der Waals surface area contributed by atoms with Gasteiger partial charge in [-0.15, -0.1) is 11.3 Å². The fraction of sp³-hybridized carbons (Fsp3) is 0.500. The number of carbonyl (C=O) groups is 2. The molecule has 2 aromatic rings. The molecule has 5 heteroatoms. The summed E-state index contributed by atoms with van der Waals surface area (Å²) in [5.74, 6) is 0.713. The molecule has 0 unspecified atom stereocenters. The average Bonchev–Trinajstić information content (AvgIpc) is 3.49. The molecule has 1 aromatic carbocycles. The highest BCUT2D eigenvalue weighted by Crippen LogP contribution is 2.31. The SMILES string of the molecule is CC[C@@H](C)CN(CC(=O)N(Cc1ccccc1)Cc1ccc(C)s1)C(=O)C1CC1. The molecule has 1 aliphatic carbocycles. The first-order chi connectivity index (χ1) is 14.0. The van der Waals surface area contributed by atoms with E-state index in [1.807, 2.05) is 40.1 Å². The molecule has 0 saturated heterocycles. The van der Waals surface area contributed by atoms with Gasteiger partial charge in [0, 0.05) is 28.8 Å². The Hall–Kier alpha value is -2.14. The monoisotopic (exact) mass is 412 g/mol. The highest BCUT2D eigenvalue weighted by molar-refractivity contribution is 7.11. The van der Waals surface area contributed by atoms with Crippen molar-refractivity contribution in [1.82, 2.24) is 9.80 Å². The summed E-state index contributed by atoms with van der Waals surface area (Å²) in [6.07, 6.45) is 2.93. The van der Waals surface area contributed by atoms with Gasteiger partial charge < -0.3 is 9.80 Å². The minimum Gasteiger partial charge on any atom is -0.333 e. The van der Waals surface area contributed by atoms with Crippen molar-refractivity contribution in [2.24, 2.45) is 11.8 Å². The molecule has 29 heavy (non-hydrogen) atoms. The molecular formula is C24H32N2O2S. The quantitative estimate of drug-likeness (QED) is 0.559. The lowest BCUT2D eigenvalue weighted by molar-refractivity contribution is -0.142. The largest absolute Gasteiger partial charge is 0.333 e. The third-order valence-corrected chi connectivity index (χ3v) is 6.49. The van der Waals surface area contributed by atoms with E-state index in [1.165, 1.54) is 9.75 Å². The van der Waals surface area contributed by atoms with Gasteiger partial charge in [-0.1, -0.05) is 50.6 Å². The van der Waals surface area contributed by atoms with Crippen LogP contribution in [-0.4, -0.2) is 34.7 Å². The molecule has 0 aliphatic heterocycles. The number of thiophene rings is 1. The lowest BCUT2D eigenvalue weighted by Crippen LogP contribution is -2.44. The standard InChI is InChI=1S/C24H32N2O2S/c1-4-18(2)14-26(24(28)21-11-12-21)17-23(27)25(15-20-8-6-5-7-9-20)16-22-13-10-19(3)29-22/h5-10,13,18,21H,4,11-12,14-17H2,1-3H3/t18-/m1/s1. The van der Waals surface area contributed by atoms with Crippen LogP contribution < -0.4 is 0 Å². The second-order valence-electron chi connectivity index (χ2n) is 8.25. The normalized spacial score (nSPS) is 14.4. The maximum atomic E-state index is 13.3. The highest BCUT2D eigenvalue weighted by Gasteiger charge is 2.35. The van der Waals surface area contributed by atoms with Gasteiger partial charge in [0.05, 0.1) is 13.1 Å². The lowest BCUT2D eigenvalue weighted by Gasteiger charge is -2.29. The molecule has 1 saturated carbocycles. The van der Waals surface area contributed by atoms with E-state index < -0.39 is 0 Å². The zero-order valence-corrected chi connectivity index (χ0v) is 18.6. The summed E-state index contributed by atoms with van der Waals surface area (Å²) in [5, 5.41) is 0. The van der Waals surface area contributed by atoms with E-state index in [9.17, 15) is 9.59 Å². The Morgan fingerprint density at radius 2 is 1.79 bits per heavy atom. The lowest BCUT2D eigenvalue weighted by atomic mass is 10.1. The minimum atomic E-state index is 0.0252. The van der Waals surface area contributed by atoms with Crippen molar-refractivity contribution in [2.45, 2.75) is 53.1 Å². The summed E-state index contributed by atoms with van der Waals surface area (Å²) >= 11 is 1.72. The Labute approximate surface area is 178 Å². The van der Waals surface area contributed by atoms with Gasteiger partial charge in [0.1, 0.15) is 0 Å². The van der Waals surface area contributed by atoms with Gasteiger partial charge in [0.15, 0.2) is 0 Å². The van der Waals surface area contributed by atoms with Crippen LogP contribution in [0.3, 0.4) is 0 Å². The van der Waals surface area contributed by atoms with Crippen LogP contribution >= 0.6 is 11.3 Å². The van der Waals surface area contributed by atoms with Gasteiger partial charge in [-0.05, 0) is 43.4 Å². The molecule has 1 fully saturated rings. The van der Waals surface area contributed by atoms with Crippen molar-refractivity contribution in [2.75, 3.05) is 13.1 Å². The zero-order valence-electron chi connectivity index (χ0n) is 17.8. The van der Waals surface area contributed by atoms with Gasteiger partial charge in [-0.25, -0.2) is 0 Å². The predicted molar refractivity (Wildman–Crippen MR) is 119 cm³/mol. The smallest absolute Gasteiger partial charge is 0.242 e. The van der Waals surface area contributed by atoms with E-state index in [1.54, 1.807) is 11.3 Å². The number of aryl methyl sites for hydroxylation is 1.